The van der Waals surface area contributed by atoms with Crippen LogP contribution in [0.5, 0.6) is 0 Å². The summed E-state index contributed by atoms with van der Waals surface area (Å²) in [5, 5.41) is 2.80. The van der Waals surface area contributed by atoms with E-state index in [2.05, 4.69) is 219 Å². The minimum Gasteiger partial charge on any atom is -0.310 e. The third-order valence-electron chi connectivity index (χ3n) is 12.0. The number of hydrogen-bond acceptors (Lipinski definition) is 2. The highest BCUT2D eigenvalue weighted by molar-refractivity contribution is 6.13. The molecule has 0 amide bonds. The van der Waals surface area contributed by atoms with Crippen molar-refractivity contribution in [1.29, 1.82) is 0 Å². The number of anilines is 6. The van der Waals surface area contributed by atoms with Gasteiger partial charge in [0.2, 0.25) is 0 Å². The second-order valence-electron chi connectivity index (χ2n) is 15.8. The van der Waals surface area contributed by atoms with Crippen LogP contribution in [0.4, 0.5) is 34.1 Å². The van der Waals surface area contributed by atoms with Crippen LogP contribution in [0, 0.1) is 0 Å². The molecule has 8 aromatic carbocycles. The predicted molar refractivity (Wildman–Crippen MR) is 228 cm³/mol. The number of hydrogen-bond donors (Lipinski definition) is 0. The molecule has 54 heavy (non-hydrogen) atoms. The first kappa shape index (κ1) is 32.3. The molecule has 0 atom stereocenters. The highest BCUT2D eigenvalue weighted by Gasteiger charge is 2.40. The number of rotatable bonds is 6. The maximum atomic E-state index is 2.43. The van der Waals surface area contributed by atoms with E-state index in [0.717, 1.165) is 22.7 Å². The van der Waals surface area contributed by atoms with Crippen LogP contribution in [0.25, 0.3) is 33.0 Å². The molecule has 0 heterocycles. The maximum absolute atomic E-state index is 2.43. The van der Waals surface area contributed by atoms with Crippen LogP contribution in [0.15, 0.2) is 182 Å². The summed E-state index contributed by atoms with van der Waals surface area (Å²) in [7, 11) is 0. The topological polar surface area (TPSA) is 6.48 Å². The van der Waals surface area contributed by atoms with Crippen molar-refractivity contribution in [2.24, 2.45) is 0 Å². The third-order valence-corrected chi connectivity index (χ3v) is 12.0. The molecular weight excluding hydrogens is 653 g/mol. The van der Waals surface area contributed by atoms with Gasteiger partial charge in [0.25, 0.3) is 0 Å². The van der Waals surface area contributed by atoms with E-state index in [4.69, 9.17) is 0 Å². The smallest absolute Gasteiger partial charge is 0.0465 e. The van der Waals surface area contributed by atoms with Crippen molar-refractivity contribution in [2.45, 2.75) is 38.5 Å². The van der Waals surface area contributed by atoms with E-state index in [1.165, 1.54) is 66.7 Å². The summed E-state index contributed by atoms with van der Waals surface area (Å²) in [5.74, 6) is 0. The van der Waals surface area contributed by atoms with Gasteiger partial charge in [-0.25, -0.2) is 0 Å². The van der Waals surface area contributed by atoms with Crippen LogP contribution >= 0.6 is 0 Å². The Hall–Kier alpha value is -6.38. The van der Waals surface area contributed by atoms with Crippen molar-refractivity contribution in [1.82, 2.24) is 0 Å². The second kappa shape index (κ2) is 12.1. The minimum atomic E-state index is -0.214. The second-order valence-corrected chi connectivity index (χ2v) is 15.8. The molecule has 2 heteroatoms. The Labute approximate surface area is 318 Å². The van der Waals surface area contributed by atoms with Crippen molar-refractivity contribution in [3.05, 3.63) is 204 Å². The van der Waals surface area contributed by atoms with Gasteiger partial charge >= 0.3 is 0 Å². The fourth-order valence-electron chi connectivity index (χ4n) is 9.33. The Balaban J connectivity index is 1.15. The summed E-state index contributed by atoms with van der Waals surface area (Å²) < 4.78 is 0. The average Bonchev–Trinajstić information content (AvgIpc) is 3.21. The van der Waals surface area contributed by atoms with Gasteiger partial charge in [-0.1, -0.05) is 137 Å². The van der Waals surface area contributed by atoms with E-state index in [9.17, 15) is 0 Å². The summed E-state index contributed by atoms with van der Waals surface area (Å²) in [5.41, 5.74) is 17.3. The number of nitrogens with zero attached hydrogens (tertiary/aromatic N) is 2. The molecule has 0 saturated heterocycles. The molecular formula is C52H42N2. The first-order valence-electron chi connectivity index (χ1n) is 19.0. The lowest BCUT2D eigenvalue weighted by molar-refractivity contribution is 0.633. The predicted octanol–water partition coefficient (Wildman–Crippen LogP) is 14.4. The van der Waals surface area contributed by atoms with Crippen LogP contribution < -0.4 is 9.80 Å². The quantitative estimate of drug-likeness (QED) is 0.171. The summed E-state index contributed by atoms with van der Waals surface area (Å²) in [6, 6.07) is 66.7. The van der Waals surface area contributed by atoms with Crippen LogP contribution in [0.2, 0.25) is 0 Å². The zero-order valence-corrected chi connectivity index (χ0v) is 31.2. The summed E-state index contributed by atoms with van der Waals surface area (Å²) in [6.45, 7) is 9.64. The molecule has 0 fully saturated rings. The molecule has 10 rings (SSSR count). The highest BCUT2D eigenvalue weighted by atomic mass is 15.1. The highest BCUT2D eigenvalue weighted by Crippen LogP contribution is 2.57. The van der Waals surface area contributed by atoms with E-state index < -0.39 is 0 Å². The van der Waals surface area contributed by atoms with Gasteiger partial charge in [0.15, 0.2) is 0 Å². The molecule has 2 nitrogen and oxygen atoms in total. The Morgan fingerprint density at radius 2 is 0.574 bits per heavy atom. The van der Waals surface area contributed by atoms with E-state index in [-0.39, 0.29) is 10.8 Å². The van der Waals surface area contributed by atoms with Gasteiger partial charge in [-0.2, -0.15) is 0 Å². The molecule has 0 unspecified atom stereocenters. The fourth-order valence-corrected chi connectivity index (χ4v) is 9.33. The lowest BCUT2D eigenvalue weighted by Gasteiger charge is -2.41. The molecule has 2 aliphatic carbocycles. The van der Waals surface area contributed by atoms with Crippen molar-refractivity contribution in [2.75, 3.05) is 9.80 Å². The molecule has 2 aliphatic rings. The summed E-state index contributed by atoms with van der Waals surface area (Å²) in [6.07, 6.45) is 0. The summed E-state index contributed by atoms with van der Waals surface area (Å²) in [4.78, 5) is 4.74. The van der Waals surface area contributed by atoms with Gasteiger partial charge in [-0.05, 0) is 128 Å². The summed E-state index contributed by atoms with van der Waals surface area (Å²) >= 11 is 0. The van der Waals surface area contributed by atoms with Gasteiger partial charge in [0.05, 0.1) is 0 Å². The molecule has 8 aromatic rings. The van der Waals surface area contributed by atoms with Gasteiger partial charge < -0.3 is 9.80 Å². The van der Waals surface area contributed by atoms with Crippen molar-refractivity contribution < 1.29 is 0 Å². The lowest BCUT2D eigenvalue weighted by Crippen LogP contribution is -2.28. The van der Waals surface area contributed by atoms with Crippen molar-refractivity contribution >= 4 is 44.9 Å². The van der Waals surface area contributed by atoms with Gasteiger partial charge in [-0.3, -0.25) is 0 Å². The third kappa shape index (κ3) is 4.80. The molecule has 0 aliphatic heterocycles. The largest absolute Gasteiger partial charge is 0.310 e. The molecule has 0 bridgehead atoms. The van der Waals surface area contributed by atoms with Gasteiger partial charge in [0, 0.05) is 45.0 Å². The Bertz CT molecular complexity index is 2430. The van der Waals surface area contributed by atoms with E-state index in [0.29, 0.717) is 0 Å². The minimum absolute atomic E-state index is 0.214. The molecule has 0 saturated carbocycles. The Morgan fingerprint density at radius 3 is 0.889 bits per heavy atom. The molecule has 260 valence electrons. The molecule has 0 N–H and O–H groups in total. The van der Waals surface area contributed by atoms with Crippen LogP contribution in [0.1, 0.15) is 49.9 Å². The van der Waals surface area contributed by atoms with Crippen LogP contribution in [-0.2, 0) is 10.8 Å². The monoisotopic (exact) mass is 694 g/mol. The normalized spacial score (nSPS) is 14.2. The van der Waals surface area contributed by atoms with E-state index >= 15 is 0 Å². The average molecular weight is 695 g/mol. The Kier molecular flexibility index (Phi) is 7.22. The van der Waals surface area contributed by atoms with Gasteiger partial charge in [0.1, 0.15) is 0 Å². The van der Waals surface area contributed by atoms with Crippen molar-refractivity contribution in [3.8, 4) is 22.3 Å². The first-order valence-corrected chi connectivity index (χ1v) is 19.0. The van der Waals surface area contributed by atoms with Crippen LogP contribution in [-0.4, -0.2) is 0 Å². The SMILES string of the molecule is CC1(C)c2cc(N(c3ccccc3)c3ccccc3)ccc2-c2ccc3c4c(ccc1c24)C(C)(C)c1cc(N(c2ccccc2)c2ccccc2)ccc1-3. The van der Waals surface area contributed by atoms with Gasteiger partial charge in [-0.15, -0.1) is 0 Å². The van der Waals surface area contributed by atoms with E-state index in [1.54, 1.807) is 0 Å². The van der Waals surface area contributed by atoms with Crippen molar-refractivity contribution in [3.63, 3.8) is 0 Å². The number of benzene rings is 8. The molecule has 0 aromatic heterocycles. The number of para-hydroxylation sites is 4. The standard InChI is InChI=1S/C52H42N2/c1-51(2)45-31-32-46-50-44(42-28-26-40(34-48(42)52(46,3)4)54(37-21-13-7-14-22-37)38-23-15-8-16-24-38)30-29-43(49(45)50)41-27-25-39(33-47(41)51)53(35-17-9-5-10-18-35)36-19-11-6-12-20-36/h5-34H,1-4H3. The van der Waals surface area contributed by atoms with E-state index in [1.807, 2.05) is 0 Å². The fraction of sp³-hybridized carbons (Fsp3) is 0.115. The zero-order valence-electron chi connectivity index (χ0n) is 31.2. The zero-order chi connectivity index (χ0) is 36.6. The van der Waals surface area contributed by atoms with Crippen LogP contribution in [0.3, 0.4) is 0 Å². The maximum Gasteiger partial charge on any atom is 0.0465 e. The first-order chi connectivity index (χ1) is 26.3. The number of fused-ring (bicyclic) bond motifs is 4. The molecule has 0 radical (unpaired) electrons. The lowest BCUT2D eigenvalue weighted by atomic mass is 9.63. The molecule has 0 spiro atoms. The Morgan fingerprint density at radius 1 is 0.278 bits per heavy atom.